The summed E-state index contributed by atoms with van der Waals surface area (Å²) in [5, 5.41) is 14.7. The van der Waals surface area contributed by atoms with Crippen LogP contribution in [0.4, 0.5) is 0 Å². The van der Waals surface area contributed by atoms with Gasteiger partial charge in [-0.05, 0) is 0 Å². The lowest BCUT2D eigenvalue weighted by molar-refractivity contribution is -0.129. The Labute approximate surface area is 76.0 Å². The molecule has 0 aliphatic heterocycles. The summed E-state index contributed by atoms with van der Waals surface area (Å²) in [6.45, 7) is 0.483. The summed E-state index contributed by atoms with van der Waals surface area (Å²) in [5.74, 6) is -0.177. The molecule has 0 aliphatic rings. The molecule has 0 aliphatic carbocycles. The van der Waals surface area contributed by atoms with Crippen LogP contribution >= 0.6 is 0 Å². The summed E-state index contributed by atoms with van der Waals surface area (Å²) >= 11 is 0. The van der Waals surface area contributed by atoms with Crippen LogP contribution in [-0.4, -0.2) is 28.1 Å². The van der Waals surface area contributed by atoms with Gasteiger partial charge in [0.05, 0.1) is 12.3 Å². The van der Waals surface area contributed by atoms with Crippen molar-refractivity contribution in [3.63, 3.8) is 0 Å². The quantitative estimate of drug-likeness (QED) is 0.722. The Hall–Kier alpha value is -1.83. The highest BCUT2D eigenvalue weighted by atomic mass is 16.2. The van der Waals surface area contributed by atoms with Crippen molar-refractivity contribution in [1.82, 2.24) is 15.1 Å². The van der Waals surface area contributed by atoms with Crippen LogP contribution in [0.5, 0.6) is 0 Å². The van der Waals surface area contributed by atoms with E-state index in [4.69, 9.17) is 5.26 Å². The summed E-state index contributed by atoms with van der Waals surface area (Å²) in [6.07, 6.45) is 3.29. The van der Waals surface area contributed by atoms with Gasteiger partial charge in [-0.25, -0.2) is 0 Å². The van der Waals surface area contributed by atoms with E-state index in [1.807, 2.05) is 6.07 Å². The van der Waals surface area contributed by atoms with E-state index >= 15 is 0 Å². The molecular formula is C8H10N4O. The highest BCUT2D eigenvalue weighted by Gasteiger charge is 2.08. The van der Waals surface area contributed by atoms with Crippen LogP contribution in [0, 0.1) is 11.3 Å². The second-order valence-electron chi connectivity index (χ2n) is 2.69. The number of H-pyrrole nitrogens is 1. The molecule has 5 heteroatoms. The van der Waals surface area contributed by atoms with Gasteiger partial charge in [-0.15, -0.1) is 0 Å². The highest BCUT2D eigenvalue weighted by Crippen LogP contribution is 2.00. The molecule has 1 aromatic rings. The first-order chi connectivity index (χ1) is 6.24. The van der Waals surface area contributed by atoms with Crippen molar-refractivity contribution in [3.05, 3.63) is 18.0 Å². The summed E-state index contributed by atoms with van der Waals surface area (Å²) in [4.78, 5) is 12.6. The average molecular weight is 178 g/mol. The van der Waals surface area contributed by atoms with E-state index in [1.54, 1.807) is 19.4 Å². The van der Waals surface area contributed by atoms with Crippen LogP contribution < -0.4 is 0 Å². The second-order valence-corrected chi connectivity index (χ2v) is 2.69. The number of hydrogen-bond acceptors (Lipinski definition) is 3. The van der Waals surface area contributed by atoms with Crippen LogP contribution in [0.25, 0.3) is 0 Å². The van der Waals surface area contributed by atoms with E-state index in [0.29, 0.717) is 6.54 Å². The van der Waals surface area contributed by atoms with E-state index in [0.717, 1.165) is 5.56 Å². The predicted molar refractivity (Wildman–Crippen MR) is 45.3 cm³/mol. The molecule has 1 amide bonds. The Kier molecular flexibility index (Phi) is 3.03. The monoisotopic (exact) mass is 178 g/mol. The molecular weight excluding hydrogens is 168 g/mol. The van der Waals surface area contributed by atoms with Crippen LogP contribution in [-0.2, 0) is 11.3 Å². The van der Waals surface area contributed by atoms with E-state index in [1.165, 1.54) is 4.90 Å². The van der Waals surface area contributed by atoms with Gasteiger partial charge >= 0.3 is 0 Å². The molecule has 0 bridgehead atoms. The first-order valence-corrected chi connectivity index (χ1v) is 3.82. The van der Waals surface area contributed by atoms with Crippen molar-refractivity contribution in [1.29, 1.82) is 5.26 Å². The molecule has 0 spiro atoms. The molecule has 1 heterocycles. The number of carbonyl (C=O) groups excluding carboxylic acids is 1. The molecule has 0 radical (unpaired) electrons. The number of hydrogen-bond donors (Lipinski definition) is 1. The maximum absolute atomic E-state index is 11.1. The van der Waals surface area contributed by atoms with E-state index in [2.05, 4.69) is 10.2 Å². The predicted octanol–water partition coefficient (Wildman–Crippen LogP) is 0.282. The zero-order valence-corrected chi connectivity index (χ0v) is 7.32. The third kappa shape index (κ3) is 2.60. The zero-order valence-electron chi connectivity index (χ0n) is 7.32. The van der Waals surface area contributed by atoms with Gasteiger partial charge in [0.25, 0.3) is 0 Å². The van der Waals surface area contributed by atoms with Gasteiger partial charge in [0, 0.05) is 25.4 Å². The van der Waals surface area contributed by atoms with Crippen molar-refractivity contribution in [2.24, 2.45) is 0 Å². The SMILES string of the molecule is CN(Cc1cn[nH]c1)C(=O)CC#N. The number of nitrogens with one attached hydrogen (secondary N) is 1. The number of aromatic nitrogens is 2. The lowest BCUT2D eigenvalue weighted by Gasteiger charge is -2.13. The summed E-state index contributed by atoms with van der Waals surface area (Å²) in [6, 6.07) is 1.81. The molecule has 1 N–H and O–H groups in total. The Morgan fingerprint density at radius 1 is 1.85 bits per heavy atom. The molecule has 13 heavy (non-hydrogen) atoms. The van der Waals surface area contributed by atoms with E-state index in [9.17, 15) is 4.79 Å². The number of carbonyl (C=O) groups is 1. The standard InChI is InChI=1S/C8H10N4O/c1-12(8(13)2-3-9)6-7-4-10-11-5-7/h4-5H,2,6H2,1H3,(H,10,11). The van der Waals surface area contributed by atoms with Crippen LogP contribution in [0.15, 0.2) is 12.4 Å². The lowest BCUT2D eigenvalue weighted by atomic mass is 10.3. The van der Waals surface area contributed by atoms with Crippen LogP contribution in [0.3, 0.4) is 0 Å². The van der Waals surface area contributed by atoms with Gasteiger partial charge in [-0.3, -0.25) is 9.89 Å². The topological polar surface area (TPSA) is 72.8 Å². The fourth-order valence-corrected chi connectivity index (χ4v) is 0.929. The van der Waals surface area contributed by atoms with E-state index in [-0.39, 0.29) is 12.3 Å². The molecule has 0 unspecified atom stereocenters. The van der Waals surface area contributed by atoms with Crippen molar-refractivity contribution in [3.8, 4) is 6.07 Å². The Morgan fingerprint density at radius 2 is 2.62 bits per heavy atom. The highest BCUT2D eigenvalue weighted by molar-refractivity contribution is 5.77. The molecule has 1 rings (SSSR count). The second kappa shape index (κ2) is 4.26. The lowest BCUT2D eigenvalue weighted by Crippen LogP contribution is -2.25. The van der Waals surface area contributed by atoms with Gasteiger partial charge in [0.15, 0.2) is 0 Å². The molecule has 0 saturated heterocycles. The normalized spacial score (nSPS) is 9.23. The third-order valence-corrected chi connectivity index (χ3v) is 1.63. The Morgan fingerprint density at radius 3 is 3.15 bits per heavy atom. The number of aromatic amines is 1. The van der Waals surface area contributed by atoms with Crippen LogP contribution in [0.2, 0.25) is 0 Å². The van der Waals surface area contributed by atoms with Gasteiger partial charge < -0.3 is 4.90 Å². The minimum Gasteiger partial charge on any atom is -0.340 e. The zero-order chi connectivity index (χ0) is 9.68. The average Bonchev–Trinajstić information content (AvgIpc) is 2.57. The number of nitrogens with zero attached hydrogens (tertiary/aromatic N) is 3. The summed E-state index contributed by atoms with van der Waals surface area (Å²) < 4.78 is 0. The van der Waals surface area contributed by atoms with Crippen LogP contribution in [0.1, 0.15) is 12.0 Å². The van der Waals surface area contributed by atoms with Crippen molar-refractivity contribution >= 4 is 5.91 Å². The summed E-state index contributed by atoms with van der Waals surface area (Å²) in [7, 11) is 1.66. The fourth-order valence-electron chi connectivity index (χ4n) is 0.929. The van der Waals surface area contributed by atoms with Crippen molar-refractivity contribution < 1.29 is 4.79 Å². The molecule has 68 valence electrons. The molecule has 0 saturated carbocycles. The third-order valence-electron chi connectivity index (χ3n) is 1.63. The van der Waals surface area contributed by atoms with Crippen molar-refractivity contribution in [2.75, 3.05) is 7.05 Å². The maximum Gasteiger partial charge on any atom is 0.236 e. The Balaban J connectivity index is 2.47. The number of nitriles is 1. The Bertz CT molecular complexity index is 311. The minimum atomic E-state index is -0.177. The van der Waals surface area contributed by atoms with Gasteiger partial charge in [-0.1, -0.05) is 0 Å². The first-order valence-electron chi connectivity index (χ1n) is 3.82. The fraction of sp³-hybridized carbons (Fsp3) is 0.375. The minimum absolute atomic E-state index is 0.0750. The number of amides is 1. The summed E-state index contributed by atoms with van der Waals surface area (Å²) in [5.41, 5.74) is 0.925. The van der Waals surface area contributed by atoms with Crippen molar-refractivity contribution in [2.45, 2.75) is 13.0 Å². The molecule has 1 aromatic heterocycles. The van der Waals surface area contributed by atoms with Gasteiger partial charge in [-0.2, -0.15) is 10.4 Å². The van der Waals surface area contributed by atoms with Gasteiger partial charge in [0.1, 0.15) is 6.42 Å². The molecule has 5 nitrogen and oxygen atoms in total. The first kappa shape index (κ1) is 9.26. The molecule has 0 aromatic carbocycles. The maximum atomic E-state index is 11.1. The van der Waals surface area contributed by atoms with E-state index < -0.39 is 0 Å². The van der Waals surface area contributed by atoms with Gasteiger partial charge in [0.2, 0.25) is 5.91 Å². The smallest absolute Gasteiger partial charge is 0.236 e. The molecule has 0 atom stereocenters. The number of rotatable bonds is 3. The largest absolute Gasteiger partial charge is 0.340 e. The molecule has 0 fully saturated rings.